The van der Waals surface area contributed by atoms with Gasteiger partial charge < -0.3 is 5.73 Å². The molecule has 0 aliphatic rings. The van der Waals surface area contributed by atoms with E-state index in [9.17, 15) is 0 Å². The quantitative estimate of drug-likeness (QED) is 0.435. The number of rotatable bonds is 0. The summed E-state index contributed by atoms with van der Waals surface area (Å²) in [6, 6.07) is 6.11. The predicted molar refractivity (Wildman–Crippen MR) is 66.2 cm³/mol. The van der Waals surface area contributed by atoms with Gasteiger partial charge in [-0.1, -0.05) is 6.07 Å². The van der Waals surface area contributed by atoms with Crippen LogP contribution in [0.4, 0.5) is 5.69 Å². The fourth-order valence-corrected chi connectivity index (χ4v) is 3.19. The maximum Gasteiger partial charge on any atom is 0.0666 e. The summed E-state index contributed by atoms with van der Waals surface area (Å²) in [6.45, 7) is 0. The van der Waals surface area contributed by atoms with Crippen LogP contribution in [-0.4, -0.2) is 0 Å². The average molecular weight is 307 g/mol. The van der Waals surface area contributed by atoms with Gasteiger partial charge in [-0.2, -0.15) is 0 Å². The van der Waals surface area contributed by atoms with Crippen molar-refractivity contribution in [1.29, 1.82) is 0 Å². The van der Waals surface area contributed by atoms with Gasteiger partial charge in [-0.25, -0.2) is 0 Å². The van der Waals surface area contributed by atoms with Crippen molar-refractivity contribution in [3.05, 3.63) is 21.1 Å². The number of nitrogens with two attached hydrogens (primary N) is 1. The van der Waals surface area contributed by atoms with Crippen LogP contribution in [-0.2, 0) is 0 Å². The molecule has 0 bridgehead atoms. The summed E-state index contributed by atoms with van der Waals surface area (Å²) in [6.07, 6.45) is 0. The summed E-state index contributed by atoms with van der Waals surface area (Å²) in [7, 11) is 0. The highest BCUT2D eigenvalue weighted by molar-refractivity contribution is 14.1. The highest BCUT2D eigenvalue weighted by Gasteiger charge is 2.04. The highest BCUT2D eigenvalue weighted by atomic mass is 127. The molecule has 0 aliphatic carbocycles. The highest BCUT2D eigenvalue weighted by Crippen LogP contribution is 2.34. The van der Waals surface area contributed by atoms with Gasteiger partial charge >= 0.3 is 0 Å². The largest absolute Gasteiger partial charge is 0.397 e. The second kappa shape index (κ2) is 3.08. The number of anilines is 1. The van der Waals surface area contributed by atoms with E-state index in [1.807, 2.05) is 12.1 Å². The van der Waals surface area contributed by atoms with Crippen LogP contribution in [0.5, 0.6) is 0 Å². The molecule has 0 atom stereocenters. The van der Waals surface area contributed by atoms with Crippen molar-refractivity contribution in [2.75, 3.05) is 5.73 Å². The molecule has 0 unspecified atom stereocenters. The van der Waals surface area contributed by atoms with E-state index in [-0.39, 0.29) is 0 Å². The van der Waals surface area contributed by atoms with Crippen LogP contribution >= 0.6 is 46.6 Å². The fourth-order valence-electron chi connectivity index (χ4n) is 1.08. The molecule has 0 saturated heterocycles. The lowest BCUT2D eigenvalue weighted by molar-refractivity contribution is 1.54. The summed E-state index contributed by atoms with van der Waals surface area (Å²) < 4.78 is 2.40. The minimum absolute atomic E-state index is 0.795. The van der Waals surface area contributed by atoms with Crippen molar-refractivity contribution in [1.82, 2.24) is 0 Å². The molecular formula is C8H6INS2. The van der Waals surface area contributed by atoms with Gasteiger partial charge in [0, 0.05) is 4.90 Å². The van der Waals surface area contributed by atoms with Crippen molar-refractivity contribution in [3.8, 4) is 0 Å². The Balaban J connectivity index is 2.89. The molecule has 0 aliphatic heterocycles. The number of fused-ring (bicyclic) bond motifs is 1. The van der Waals surface area contributed by atoms with Crippen LogP contribution in [0, 0.1) is 2.88 Å². The number of benzene rings is 1. The zero-order chi connectivity index (χ0) is 8.72. The Labute approximate surface area is 93.5 Å². The van der Waals surface area contributed by atoms with E-state index in [0.717, 1.165) is 15.3 Å². The molecule has 62 valence electrons. The third kappa shape index (κ3) is 1.31. The fraction of sp³-hybridized carbons (Fsp3) is 0. The van der Waals surface area contributed by atoms with Crippen molar-refractivity contribution < 1.29 is 0 Å². The molecule has 1 heterocycles. The van der Waals surface area contributed by atoms with Gasteiger partial charge in [-0.15, -0.1) is 24.0 Å². The maximum atomic E-state index is 5.86. The Bertz CT molecular complexity index is 436. The number of hydrogen-bond acceptors (Lipinski definition) is 3. The molecule has 1 aromatic heterocycles. The first-order chi connectivity index (χ1) is 5.68. The lowest BCUT2D eigenvalue weighted by Gasteiger charge is -1.98. The predicted octanol–water partition coefficient (Wildman–Crippen LogP) is 3.38. The number of hydrogen-bond donors (Lipinski definition) is 2. The Morgan fingerprint density at radius 1 is 1.42 bits per heavy atom. The summed E-state index contributed by atoms with van der Waals surface area (Å²) >= 11 is 8.27. The summed E-state index contributed by atoms with van der Waals surface area (Å²) in [5, 5.41) is 1.21. The topological polar surface area (TPSA) is 26.0 Å². The van der Waals surface area contributed by atoms with E-state index in [0.29, 0.717) is 0 Å². The normalized spacial score (nSPS) is 10.8. The summed E-state index contributed by atoms with van der Waals surface area (Å²) in [4.78, 5) is 0.862. The van der Waals surface area contributed by atoms with Crippen molar-refractivity contribution in [2.45, 2.75) is 4.90 Å². The summed E-state index contributed by atoms with van der Waals surface area (Å²) in [5.41, 5.74) is 6.66. The van der Waals surface area contributed by atoms with Crippen LogP contribution in [0.15, 0.2) is 23.1 Å². The first-order valence-corrected chi connectivity index (χ1v) is 5.69. The van der Waals surface area contributed by atoms with Gasteiger partial charge in [0.1, 0.15) is 0 Å². The average Bonchev–Trinajstić information content (AvgIpc) is 2.39. The lowest BCUT2D eigenvalue weighted by atomic mass is 10.2. The van der Waals surface area contributed by atoms with E-state index < -0.39 is 0 Å². The molecule has 2 N–H and O–H groups in total. The third-order valence-electron chi connectivity index (χ3n) is 1.67. The molecule has 12 heavy (non-hydrogen) atoms. The van der Waals surface area contributed by atoms with E-state index in [1.54, 1.807) is 11.3 Å². The van der Waals surface area contributed by atoms with E-state index in [1.165, 1.54) is 8.27 Å². The molecule has 2 aromatic rings. The Morgan fingerprint density at radius 3 is 2.92 bits per heavy atom. The Hall–Kier alpha value is 0.0600. The first-order valence-electron chi connectivity index (χ1n) is 3.35. The van der Waals surface area contributed by atoms with Crippen LogP contribution in [0.1, 0.15) is 0 Å². The number of thiophene rings is 1. The summed E-state index contributed by atoms with van der Waals surface area (Å²) in [5.74, 6) is 0. The zero-order valence-corrected chi connectivity index (χ0v) is 9.91. The Kier molecular flexibility index (Phi) is 2.22. The molecule has 0 amide bonds. The molecule has 0 saturated carbocycles. The lowest BCUT2D eigenvalue weighted by Crippen LogP contribution is -1.85. The van der Waals surface area contributed by atoms with Crippen LogP contribution in [0.25, 0.3) is 10.1 Å². The van der Waals surface area contributed by atoms with Gasteiger partial charge in [-0.3, -0.25) is 0 Å². The zero-order valence-electron chi connectivity index (χ0n) is 6.04. The van der Waals surface area contributed by atoms with Gasteiger partial charge in [0.15, 0.2) is 0 Å². The van der Waals surface area contributed by atoms with E-state index >= 15 is 0 Å². The second-order valence-corrected chi connectivity index (χ2v) is 5.90. The molecular weight excluding hydrogens is 301 g/mol. The smallest absolute Gasteiger partial charge is 0.0666 e. The van der Waals surface area contributed by atoms with Gasteiger partial charge in [0.05, 0.1) is 13.3 Å². The molecule has 0 spiro atoms. The molecule has 0 fully saturated rings. The second-order valence-electron chi connectivity index (χ2n) is 2.47. The van der Waals surface area contributed by atoms with Crippen LogP contribution < -0.4 is 5.73 Å². The van der Waals surface area contributed by atoms with E-state index in [2.05, 4.69) is 41.3 Å². The number of thiol groups is 1. The Morgan fingerprint density at radius 2 is 2.17 bits per heavy atom. The van der Waals surface area contributed by atoms with Gasteiger partial charge in [0.25, 0.3) is 0 Å². The number of halogens is 1. The number of nitrogen functional groups attached to an aromatic ring is 1. The van der Waals surface area contributed by atoms with Gasteiger partial charge in [0.2, 0.25) is 0 Å². The third-order valence-corrected chi connectivity index (χ3v) is 4.01. The minimum atomic E-state index is 0.795. The standard InChI is InChI=1S/C8H6INS2/c9-6-3-4-1-2-5(11)7(10)8(4)12-6/h1-3,11H,10H2. The molecule has 2 rings (SSSR count). The molecule has 1 nitrogen and oxygen atoms in total. The maximum absolute atomic E-state index is 5.86. The van der Waals surface area contributed by atoms with Crippen molar-refractivity contribution >= 4 is 62.3 Å². The molecule has 4 heteroatoms. The first kappa shape index (κ1) is 8.65. The monoisotopic (exact) mass is 307 g/mol. The van der Waals surface area contributed by atoms with Gasteiger partial charge in [-0.05, 0) is 40.1 Å². The SMILES string of the molecule is Nc1c(S)ccc2cc(I)sc12. The molecule has 0 radical (unpaired) electrons. The van der Waals surface area contributed by atoms with Crippen molar-refractivity contribution in [3.63, 3.8) is 0 Å². The van der Waals surface area contributed by atoms with Crippen molar-refractivity contribution in [2.24, 2.45) is 0 Å². The van der Waals surface area contributed by atoms with E-state index in [4.69, 9.17) is 5.73 Å². The molecule has 1 aromatic carbocycles. The van der Waals surface area contributed by atoms with Crippen LogP contribution in [0.3, 0.4) is 0 Å². The minimum Gasteiger partial charge on any atom is -0.397 e. The van der Waals surface area contributed by atoms with Crippen LogP contribution in [0.2, 0.25) is 0 Å².